The molecule has 1 unspecified atom stereocenters. The molecule has 0 saturated carbocycles. The van der Waals surface area contributed by atoms with Gasteiger partial charge in [0.05, 0.1) is 13.2 Å². The average molecular weight is 333 g/mol. The standard InChI is InChI=1S/C19H27NO2S/c1-4-20(5-2)10-11-22-18(14-21)16-9-8-15(3)13-17(16)19-7-6-12-23-19/h6-9,12-13,18,21H,4-5,10-11,14H2,1-3H3. The molecule has 1 aromatic heterocycles. The summed E-state index contributed by atoms with van der Waals surface area (Å²) in [5.41, 5.74) is 3.46. The number of hydrogen-bond acceptors (Lipinski definition) is 4. The largest absolute Gasteiger partial charge is 0.393 e. The molecular weight excluding hydrogens is 306 g/mol. The average Bonchev–Trinajstić information content (AvgIpc) is 3.10. The summed E-state index contributed by atoms with van der Waals surface area (Å²) in [4.78, 5) is 3.54. The third-order valence-electron chi connectivity index (χ3n) is 4.13. The van der Waals surface area contributed by atoms with Gasteiger partial charge in [0, 0.05) is 11.4 Å². The lowest BCUT2D eigenvalue weighted by Crippen LogP contribution is -2.28. The zero-order chi connectivity index (χ0) is 16.7. The van der Waals surface area contributed by atoms with E-state index in [4.69, 9.17) is 4.74 Å². The normalized spacial score (nSPS) is 12.7. The van der Waals surface area contributed by atoms with E-state index < -0.39 is 0 Å². The van der Waals surface area contributed by atoms with Gasteiger partial charge in [-0.3, -0.25) is 0 Å². The van der Waals surface area contributed by atoms with Crippen LogP contribution in [0.5, 0.6) is 0 Å². The lowest BCUT2D eigenvalue weighted by Gasteiger charge is -2.22. The van der Waals surface area contributed by atoms with Crippen molar-refractivity contribution >= 4 is 11.3 Å². The highest BCUT2D eigenvalue weighted by Gasteiger charge is 2.17. The maximum atomic E-state index is 9.82. The van der Waals surface area contributed by atoms with Gasteiger partial charge in [0.25, 0.3) is 0 Å². The van der Waals surface area contributed by atoms with E-state index in [2.05, 4.69) is 61.4 Å². The van der Waals surface area contributed by atoms with Crippen LogP contribution < -0.4 is 0 Å². The molecule has 0 saturated heterocycles. The van der Waals surface area contributed by atoms with Crippen molar-refractivity contribution in [2.75, 3.05) is 32.8 Å². The zero-order valence-electron chi connectivity index (χ0n) is 14.3. The van der Waals surface area contributed by atoms with Crippen molar-refractivity contribution in [1.82, 2.24) is 4.90 Å². The van der Waals surface area contributed by atoms with Crippen molar-refractivity contribution in [2.24, 2.45) is 0 Å². The number of likely N-dealkylation sites (N-methyl/N-ethyl adjacent to an activating group) is 1. The van der Waals surface area contributed by atoms with Crippen molar-refractivity contribution in [2.45, 2.75) is 26.9 Å². The van der Waals surface area contributed by atoms with Gasteiger partial charge in [-0.15, -0.1) is 11.3 Å². The summed E-state index contributed by atoms with van der Waals surface area (Å²) >= 11 is 1.72. The molecule has 0 bridgehead atoms. The number of benzene rings is 1. The summed E-state index contributed by atoms with van der Waals surface area (Å²) in [6.45, 7) is 9.97. The maximum absolute atomic E-state index is 9.82. The Morgan fingerprint density at radius 2 is 2.00 bits per heavy atom. The number of aryl methyl sites for hydroxylation is 1. The second-order valence-corrected chi connectivity index (χ2v) is 6.58. The predicted molar refractivity (Wildman–Crippen MR) is 98.1 cm³/mol. The maximum Gasteiger partial charge on any atom is 0.106 e. The second-order valence-electron chi connectivity index (χ2n) is 5.64. The molecule has 2 aromatic rings. The minimum Gasteiger partial charge on any atom is -0.393 e. The lowest BCUT2D eigenvalue weighted by atomic mass is 9.99. The van der Waals surface area contributed by atoms with Gasteiger partial charge in [-0.2, -0.15) is 0 Å². The Morgan fingerprint density at radius 1 is 1.22 bits per heavy atom. The highest BCUT2D eigenvalue weighted by atomic mass is 32.1. The molecule has 1 heterocycles. The van der Waals surface area contributed by atoms with E-state index >= 15 is 0 Å². The van der Waals surface area contributed by atoms with Gasteiger partial charge in [-0.1, -0.05) is 43.7 Å². The first-order chi connectivity index (χ1) is 11.2. The second kappa shape index (κ2) is 9.18. The summed E-state index contributed by atoms with van der Waals surface area (Å²) < 4.78 is 6.00. The Kier molecular flexibility index (Phi) is 7.24. The van der Waals surface area contributed by atoms with Crippen LogP contribution in [0.25, 0.3) is 10.4 Å². The first-order valence-electron chi connectivity index (χ1n) is 8.28. The molecule has 3 nitrogen and oxygen atoms in total. The van der Waals surface area contributed by atoms with E-state index in [0.717, 1.165) is 25.2 Å². The van der Waals surface area contributed by atoms with Crippen LogP contribution in [0.15, 0.2) is 35.7 Å². The van der Waals surface area contributed by atoms with Crippen LogP contribution in [0.2, 0.25) is 0 Å². The monoisotopic (exact) mass is 333 g/mol. The summed E-state index contributed by atoms with van der Waals surface area (Å²) in [6, 6.07) is 10.5. The lowest BCUT2D eigenvalue weighted by molar-refractivity contribution is 0.00291. The highest BCUT2D eigenvalue weighted by Crippen LogP contribution is 2.33. The van der Waals surface area contributed by atoms with E-state index in [1.54, 1.807) is 11.3 Å². The molecule has 0 fully saturated rings. The fraction of sp³-hybridized carbons (Fsp3) is 0.474. The van der Waals surface area contributed by atoms with E-state index in [9.17, 15) is 5.11 Å². The minimum atomic E-state index is -0.275. The molecule has 126 valence electrons. The van der Waals surface area contributed by atoms with Crippen molar-refractivity contribution in [3.63, 3.8) is 0 Å². The number of nitrogens with zero attached hydrogens (tertiary/aromatic N) is 1. The Bertz CT molecular complexity index is 579. The van der Waals surface area contributed by atoms with Gasteiger partial charge >= 0.3 is 0 Å². The molecule has 2 rings (SSSR count). The van der Waals surface area contributed by atoms with Crippen LogP contribution in [-0.4, -0.2) is 42.9 Å². The quantitative estimate of drug-likeness (QED) is 0.749. The SMILES string of the molecule is CCN(CC)CCOC(CO)c1ccc(C)cc1-c1cccs1. The Labute approximate surface area is 143 Å². The topological polar surface area (TPSA) is 32.7 Å². The van der Waals surface area contributed by atoms with Gasteiger partial charge in [-0.25, -0.2) is 0 Å². The Hall–Kier alpha value is -1.20. The zero-order valence-corrected chi connectivity index (χ0v) is 15.1. The number of rotatable bonds is 9. The molecule has 1 aromatic carbocycles. The van der Waals surface area contributed by atoms with Crippen molar-refractivity contribution in [1.29, 1.82) is 0 Å². The number of aliphatic hydroxyl groups excluding tert-OH is 1. The molecule has 0 aliphatic rings. The summed E-state index contributed by atoms with van der Waals surface area (Å²) in [7, 11) is 0. The van der Waals surface area contributed by atoms with Crippen molar-refractivity contribution in [3.05, 3.63) is 46.8 Å². The smallest absolute Gasteiger partial charge is 0.106 e. The van der Waals surface area contributed by atoms with Crippen LogP contribution in [-0.2, 0) is 4.74 Å². The van der Waals surface area contributed by atoms with Gasteiger partial charge in [0.15, 0.2) is 0 Å². The summed E-state index contributed by atoms with van der Waals surface area (Å²) in [6.07, 6.45) is -0.275. The Morgan fingerprint density at radius 3 is 2.61 bits per heavy atom. The Balaban J connectivity index is 2.14. The third kappa shape index (κ3) is 4.88. The molecule has 1 atom stereocenters. The third-order valence-corrected chi connectivity index (χ3v) is 5.03. The van der Waals surface area contributed by atoms with Crippen LogP contribution in [0, 0.1) is 6.92 Å². The van der Waals surface area contributed by atoms with Crippen molar-refractivity contribution < 1.29 is 9.84 Å². The van der Waals surface area contributed by atoms with E-state index in [1.165, 1.54) is 16.0 Å². The van der Waals surface area contributed by atoms with Crippen LogP contribution in [0.1, 0.15) is 31.1 Å². The molecule has 23 heavy (non-hydrogen) atoms. The van der Waals surface area contributed by atoms with Crippen molar-refractivity contribution in [3.8, 4) is 10.4 Å². The molecule has 1 N–H and O–H groups in total. The highest BCUT2D eigenvalue weighted by molar-refractivity contribution is 7.13. The van der Waals surface area contributed by atoms with Crippen LogP contribution in [0.4, 0.5) is 0 Å². The molecule has 0 spiro atoms. The predicted octanol–water partition coefficient (Wildman–Crippen LogP) is 4.12. The molecular formula is C19H27NO2S. The molecule has 0 amide bonds. The first kappa shape index (κ1) is 18.1. The van der Waals surface area contributed by atoms with Gasteiger partial charge < -0.3 is 14.7 Å². The number of aliphatic hydroxyl groups is 1. The minimum absolute atomic E-state index is 0.000311. The first-order valence-corrected chi connectivity index (χ1v) is 9.16. The summed E-state index contributed by atoms with van der Waals surface area (Å²) in [5, 5.41) is 11.9. The molecule has 0 radical (unpaired) electrons. The van der Waals surface area contributed by atoms with E-state index in [0.29, 0.717) is 6.61 Å². The molecule has 0 aliphatic heterocycles. The molecule has 4 heteroatoms. The number of thiophene rings is 1. The number of ether oxygens (including phenoxy) is 1. The van der Waals surface area contributed by atoms with E-state index in [-0.39, 0.29) is 12.7 Å². The molecule has 0 aliphatic carbocycles. The fourth-order valence-electron chi connectivity index (χ4n) is 2.70. The van der Waals surface area contributed by atoms with Crippen LogP contribution in [0.3, 0.4) is 0 Å². The van der Waals surface area contributed by atoms with E-state index in [1.807, 2.05) is 0 Å². The number of hydrogen-bond donors (Lipinski definition) is 1. The van der Waals surface area contributed by atoms with Gasteiger partial charge in [0.2, 0.25) is 0 Å². The van der Waals surface area contributed by atoms with Gasteiger partial charge in [-0.05, 0) is 42.6 Å². The van der Waals surface area contributed by atoms with Crippen LogP contribution >= 0.6 is 11.3 Å². The summed E-state index contributed by atoms with van der Waals surface area (Å²) in [5.74, 6) is 0. The van der Waals surface area contributed by atoms with Gasteiger partial charge in [0.1, 0.15) is 6.10 Å². The fourth-order valence-corrected chi connectivity index (χ4v) is 3.47.